The van der Waals surface area contributed by atoms with Crippen LogP contribution in [0.3, 0.4) is 0 Å². The molecule has 2 rings (SSSR count). The number of alkyl halides is 1. The van der Waals surface area contributed by atoms with Crippen LogP contribution in [0.25, 0.3) is 0 Å². The predicted molar refractivity (Wildman–Crippen MR) is 81.8 cm³/mol. The quantitative estimate of drug-likeness (QED) is 0.497. The molecular weight excluding hydrogens is 323 g/mol. The molecule has 4 atom stereocenters. The highest BCUT2D eigenvalue weighted by molar-refractivity contribution is 14.1. The molecule has 0 bridgehead atoms. The van der Waals surface area contributed by atoms with Crippen LogP contribution in [-0.2, 0) is 4.74 Å². The van der Waals surface area contributed by atoms with Gasteiger partial charge in [-0.1, -0.05) is 68.0 Å². The van der Waals surface area contributed by atoms with Gasteiger partial charge in [0.15, 0.2) is 0 Å². The highest BCUT2D eigenvalue weighted by Crippen LogP contribution is 2.32. The average molecular weight is 350 g/mol. The molecular formula is C15H27IO. The van der Waals surface area contributed by atoms with Gasteiger partial charge in [-0.3, -0.25) is 0 Å². The number of halogens is 1. The summed E-state index contributed by atoms with van der Waals surface area (Å²) in [5.74, 6) is 0.790. The molecule has 100 valence electrons. The minimum Gasteiger partial charge on any atom is -0.374 e. The summed E-state index contributed by atoms with van der Waals surface area (Å²) in [4.78, 5) is 0. The van der Waals surface area contributed by atoms with Gasteiger partial charge in [-0.05, 0) is 31.6 Å². The maximum absolute atomic E-state index is 6.48. The van der Waals surface area contributed by atoms with Crippen molar-refractivity contribution in [3.05, 3.63) is 0 Å². The maximum Gasteiger partial charge on any atom is 0.0696 e. The molecule has 0 amide bonds. The summed E-state index contributed by atoms with van der Waals surface area (Å²) in [6, 6.07) is 0. The first-order chi connectivity index (χ1) is 8.27. The number of hydrogen-bond donors (Lipinski definition) is 0. The molecule has 2 fully saturated rings. The summed E-state index contributed by atoms with van der Waals surface area (Å²) in [5, 5.41) is 0. The van der Waals surface area contributed by atoms with Crippen molar-refractivity contribution in [2.24, 2.45) is 5.92 Å². The van der Waals surface area contributed by atoms with E-state index in [2.05, 4.69) is 29.5 Å². The summed E-state index contributed by atoms with van der Waals surface area (Å²) in [6.45, 7) is 2.38. The van der Waals surface area contributed by atoms with Gasteiger partial charge in [0, 0.05) is 3.92 Å². The van der Waals surface area contributed by atoms with E-state index in [0.717, 1.165) is 9.84 Å². The number of ether oxygens (including phenoxy) is 1. The third-order valence-electron chi connectivity index (χ3n) is 4.50. The second-order valence-corrected chi connectivity index (χ2v) is 7.58. The lowest BCUT2D eigenvalue weighted by Gasteiger charge is -2.35. The average Bonchev–Trinajstić information content (AvgIpc) is 2.31. The van der Waals surface area contributed by atoms with Gasteiger partial charge in [0.1, 0.15) is 0 Å². The van der Waals surface area contributed by atoms with Gasteiger partial charge in [-0.25, -0.2) is 0 Å². The Kier molecular flexibility index (Phi) is 6.07. The van der Waals surface area contributed by atoms with E-state index in [1.165, 1.54) is 64.2 Å². The Bertz CT molecular complexity index is 219. The molecule has 17 heavy (non-hydrogen) atoms. The highest BCUT2D eigenvalue weighted by atomic mass is 127. The molecule has 2 aliphatic rings. The first-order valence-electron chi connectivity index (χ1n) is 7.57. The van der Waals surface area contributed by atoms with Crippen LogP contribution in [0.1, 0.15) is 71.1 Å². The third kappa shape index (κ3) is 4.38. The van der Waals surface area contributed by atoms with Crippen LogP contribution >= 0.6 is 22.6 Å². The minimum absolute atomic E-state index is 0.543. The monoisotopic (exact) mass is 350 g/mol. The normalized spacial score (nSPS) is 40.6. The Hall–Kier alpha value is 0.690. The Morgan fingerprint density at radius 3 is 2.12 bits per heavy atom. The van der Waals surface area contributed by atoms with Crippen LogP contribution in [0.4, 0.5) is 0 Å². The van der Waals surface area contributed by atoms with Gasteiger partial charge < -0.3 is 4.74 Å². The number of rotatable bonds is 2. The molecule has 0 radical (unpaired) electrons. The smallest absolute Gasteiger partial charge is 0.0696 e. The molecule has 0 aromatic heterocycles. The highest BCUT2D eigenvalue weighted by Gasteiger charge is 2.28. The molecule has 2 heteroatoms. The first-order valence-corrected chi connectivity index (χ1v) is 8.81. The van der Waals surface area contributed by atoms with Gasteiger partial charge in [0.2, 0.25) is 0 Å². The molecule has 0 heterocycles. The van der Waals surface area contributed by atoms with Gasteiger partial charge in [-0.15, -0.1) is 0 Å². The summed E-state index contributed by atoms with van der Waals surface area (Å²) in [6.07, 6.45) is 14.9. The van der Waals surface area contributed by atoms with Crippen LogP contribution in [0, 0.1) is 5.92 Å². The Balaban J connectivity index is 1.85. The SMILES string of the molecule is CC1CCCCC1OC1CCCCCCC1I. The maximum atomic E-state index is 6.48. The van der Waals surface area contributed by atoms with E-state index in [1.807, 2.05) is 0 Å². The zero-order valence-electron chi connectivity index (χ0n) is 11.2. The summed E-state index contributed by atoms with van der Waals surface area (Å²) in [5.41, 5.74) is 0. The van der Waals surface area contributed by atoms with Crippen LogP contribution < -0.4 is 0 Å². The summed E-state index contributed by atoms with van der Waals surface area (Å²) < 4.78 is 7.24. The van der Waals surface area contributed by atoms with E-state index in [-0.39, 0.29) is 0 Å². The minimum atomic E-state index is 0.543. The second kappa shape index (κ2) is 7.32. The largest absolute Gasteiger partial charge is 0.374 e. The van der Waals surface area contributed by atoms with Crippen LogP contribution in [0.5, 0.6) is 0 Å². The molecule has 0 spiro atoms. The fourth-order valence-corrected chi connectivity index (χ4v) is 4.24. The predicted octanol–water partition coefficient (Wildman–Crippen LogP) is 5.11. The Morgan fingerprint density at radius 1 is 0.765 bits per heavy atom. The molecule has 0 aliphatic heterocycles. The van der Waals surface area contributed by atoms with Crippen molar-refractivity contribution in [1.82, 2.24) is 0 Å². The fraction of sp³-hybridized carbons (Fsp3) is 1.00. The fourth-order valence-electron chi connectivity index (χ4n) is 3.27. The van der Waals surface area contributed by atoms with Crippen molar-refractivity contribution < 1.29 is 4.74 Å². The van der Waals surface area contributed by atoms with E-state index < -0.39 is 0 Å². The second-order valence-electron chi connectivity index (χ2n) is 5.98. The van der Waals surface area contributed by atoms with Crippen LogP contribution in [-0.4, -0.2) is 16.1 Å². The number of hydrogen-bond acceptors (Lipinski definition) is 1. The van der Waals surface area contributed by atoms with E-state index in [9.17, 15) is 0 Å². The van der Waals surface area contributed by atoms with Crippen molar-refractivity contribution in [3.63, 3.8) is 0 Å². The van der Waals surface area contributed by atoms with Crippen molar-refractivity contribution in [2.75, 3.05) is 0 Å². The molecule has 0 aromatic rings. The standard InChI is InChI=1S/C15H27IO/c1-12-8-6-7-10-14(12)17-15-11-5-3-2-4-9-13(15)16/h12-15H,2-11H2,1H3. The Morgan fingerprint density at radius 2 is 1.35 bits per heavy atom. The van der Waals surface area contributed by atoms with Crippen molar-refractivity contribution >= 4 is 22.6 Å². The van der Waals surface area contributed by atoms with Gasteiger partial charge in [0.25, 0.3) is 0 Å². The van der Waals surface area contributed by atoms with Crippen LogP contribution in [0.2, 0.25) is 0 Å². The topological polar surface area (TPSA) is 9.23 Å². The van der Waals surface area contributed by atoms with E-state index in [0.29, 0.717) is 12.2 Å². The van der Waals surface area contributed by atoms with Gasteiger partial charge in [0.05, 0.1) is 12.2 Å². The molecule has 0 aromatic carbocycles. The zero-order valence-corrected chi connectivity index (χ0v) is 13.3. The van der Waals surface area contributed by atoms with Crippen molar-refractivity contribution in [3.8, 4) is 0 Å². The third-order valence-corrected chi connectivity index (χ3v) is 5.93. The summed E-state index contributed by atoms with van der Waals surface area (Å²) >= 11 is 2.64. The Labute approximate surface area is 120 Å². The molecule has 4 unspecified atom stereocenters. The van der Waals surface area contributed by atoms with E-state index >= 15 is 0 Å². The van der Waals surface area contributed by atoms with Crippen LogP contribution in [0.15, 0.2) is 0 Å². The first kappa shape index (κ1) is 14.1. The van der Waals surface area contributed by atoms with E-state index in [4.69, 9.17) is 4.74 Å². The van der Waals surface area contributed by atoms with Crippen molar-refractivity contribution in [1.29, 1.82) is 0 Å². The molecule has 0 N–H and O–H groups in total. The lowest BCUT2D eigenvalue weighted by atomic mass is 9.87. The summed E-state index contributed by atoms with van der Waals surface area (Å²) in [7, 11) is 0. The van der Waals surface area contributed by atoms with Gasteiger partial charge in [-0.2, -0.15) is 0 Å². The zero-order chi connectivity index (χ0) is 12.1. The van der Waals surface area contributed by atoms with E-state index in [1.54, 1.807) is 0 Å². The lowest BCUT2D eigenvalue weighted by Crippen LogP contribution is -2.35. The molecule has 2 aliphatic carbocycles. The lowest BCUT2D eigenvalue weighted by molar-refractivity contribution is -0.0597. The van der Waals surface area contributed by atoms with Crippen molar-refractivity contribution in [2.45, 2.75) is 87.3 Å². The molecule has 0 saturated heterocycles. The molecule has 2 saturated carbocycles. The molecule has 1 nitrogen and oxygen atoms in total. The van der Waals surface area contributed by atoms with Gasteiger partial charge >= 0.3 is 0 Å².